The van der Waals surface area contributed by atoms with Gasteiger partial charge in [-0.3, -0.25) is 9.89 Å². The average Bonchev–Trinajstić information content (AvgIpc) is 2.72. The molecule has 4 nitrogen and oxygen atoms in total. The second kappa shape index (κ2) is 5.57. The number of aromatic amines is 1. The number of rotatable bonds is 4. The number of aromatic nitrogens is 2. The maximum Gasteiger partial charge on any atom is 0.303 e. The van der Waals surface area contributed by atoms with E-state index in [0.717, 1.165) is 21.4 Å². The number of carboxylic acid groups (broad SMARTS) is 1. The first kappa shape index (κ1) is 13.8. The van der Waals surface area contributed by atoms with E-state index < -0.39 is 5.97 Å². The molecule has 0 radical (unpaired) electrons. The summed E-state index contributed by atoms with van der Waals surface area (Å²) in [6.45, 7) is 4.13. The van der Waals surface area contributed by atoms with Crippen LogP contribution in [0.4, 0.5) is 0 Å². The summed E-state index contributed by atoms with van der Waals surface area (Å²) in [5.74, 6) is -0.811. The number of carbonyl (C=O) groups is 1. The number of hydrogen-bond donors (Lipinski definition) is 2. The van der Waals surface area contributed by atoms with Gasteiger partial charge in [0.05, 0.1) is 16.6 Å². The third-order valence-electron chi connectivity index (χ3n) is 3.14. The van der Waals surface area contributed by atoms with Crippen molar-refractivity contribution in [3.63, 3.8) is 0 Å². The molecular formula is C14H15BrN2O2. The van der Waals surface area contributed by atoms with Crippen molar-refractivity contribution in [2.45, 2.75) is 26.7 Å². The van der Waals surface area contributed by atoms with E-state index in [2.05, 4.69) is 52.1 Å². The molecule has 0 saturated carbocycles. The zero-order chi connectivity index (χ0) is 14.0. The standard InChI is InChI=1S/C14H15BrN2O2/c1-8-3-4-10(7-9(8)2)14-13(15)11(16-17-14)5-6-12(18)19/h3-4,7H,5-6H2,1-2H3,(H,16,17)(H,18,19). The van der Waals surface area contributed by atoms with E-state index in [9.17, 15) is 4.79 Å². The Kier molecular flexibility index (Phi) is 4.04. The molecule has 100 valence electrons. The molecule has 2 N–H and O–H groups in total. The van der Waals surface area contributed by atoms with Gasteiger partial charge in [0.25, 0.3) is 0 Å². The zero-order valence-electron chi connectivity index (χ0n) is 10.8. The number of hydrogen-bond acceptors (Lipinski definition) is 2. The molecule has 0 bridgehead atoms. The highest BCUT2D eigenvalue weighted by Gasteiger charge is 2.13. The van der Waals surface area contributed by atoms with Crippen LogP contribution in [-0.4, -0.2) is 21.3 Å². The van der Waals surface area contributed by atoms with E-state index in [0.29, 0.717) is 6.42 Å². The van der Waals surface area contributed by atoms with Gasteiger partial charge < -0.3 is 5.11 Å². The highest BCUT2D eigenvalue weighted by Crippen LogP contribution is 2.30. The molecule has 0 amide bonds. The summed E-state index contributed by atoms with van der Waals surface area (Å²) in [4.78, 5) is 10.6. The van der Waals surface area contributed by atoms with Crippen LogP contribution in [-0.2, 0) is 11.2 Å². The minimum absolute atomic E-state index is 0.0904. The largest absolute Gasteiger partial charge is 0.481 e. The zero-order valence-corrected chi connectivity index (χ0v) is 12.4. The van der Waals surface area contributed by atoms with Crippen LogP contribution in [0.15, 0.2) is 22.7 Å². The quantitative estimate of drug-likeness (QED) is 0.905. The smallest absolute Gasteiger partial charge is 0.303 e. The lowest BCUT2D eigenvalue weighted by Crippen LogP contribution is -1.98. The van der Waals surface area contributed by atoms with Gasteiger partial charge in [-0.2, -0.15) is 5.10 Å². The Balaban J connectivity index is 2.30. The van der Waals surface area contributed by atoms with Crippen LogP contribution in [0, 0.1) is 13.8 Å². The topological polar surface area (TPSA) is 66.0 Å². The van der Waals surface area contributed by atoms with E-state index in [-0.39, 0.29) is 6.42 Å². The summed E-state index contributed by atoms with van der Waals surface area (Å²) < 4.78 is 0.844. The van der Waals surface area contributed by atoms with Crippen LogP contribution in [0.5, 0.6) is 0 Å². The Morgan fingerprint density at radius 3 is 2.74 bits per heavy atom. The Hall–Kier alpha value is -1.62. The van der Waals surface area contributed by atoms with Crippen molar-refractivity contribution >= 4 is 21.9 Å². The molecule has 1 heterocycles. The highest BCUT2D eigenvalue weighted by molar-refractivity contribution is 9.10. The van der Waals surface area contributed by atoms with Crippen LogP contribution in [0.1, 0.15) is 23.2 Å². The molecule has 2 aromatic rings. The van der Waals surface area contributed by atoms with Crippen molar-refractivity contribution in [2.24, 2.45) is 0 Å². The summed E-state index contributed by atoms with van der Waals surface area (Å²) >= 11 is 3.49. The Morgan fingerprint density at radius 1 is 1.37 bits per heavy atom. The predicted octanol–water partition coefficient (Wildman–Crippen LogP) is 3.47. The Bertz CT molecular complexity index is 620. The van der Waals surface area contributed by atoms with Crippen molar-refractivity contribution in [3.05, 3.63) is 39.5 Å². The van der Waals surface area contributed by atoms with Gasteiger partial charge in [0.1, 0.15) is 5.69 Å². The monoisotopic (exact) mass is 322 g/mol. The molecular weight excluding hydrogens is 308 g/mol. The molecule has 19 heavy (non-hydrogen) atoms. The van der Waals surface area contributed by atoms with E-state index in [1.54, 1.807) is 0 Å². The van der Waals surface area contributed by atoms with Crippen molar-refractivity contribution in [1.29, 1.82) is 0 Å². The molecule has 0 atom stereocenters. The molecule has 0 aliphatic rings. The first-order valence-corrected chi connectivity index (χ1v) is 6.80. The lowest BCUT2D eigenvalue weighted by atomic mass is 10.0. The SMILES string of the molecule is Cc1ccc(-c2n[nH]c(CCC(=O)O)c2Br)cc1C. The van der Waals surface area contributed by atoms with Crippen LogP contribution in [0.2, 0.25) is 0 Å². The second-order valence-corrected chi connectivity index (χ2v) is 5.35. The molecule has 1 aromatic carbocycles. The molecule has 2 rings (SSSR count). The predicted molar refractivity (Wildman–Crippen MR) is 77.2 cm³/mol. The molecule has 0 spiro atoms. The average molecular weight is 323 g/mol. The maximum atomic E-state index is 10.6. The number of nitrogens with zero attached hydrogens (tertiary/aromatic N) is 1. The Morgan fingerprint density at radius 2 is 2.11 bits per heavy atom. The van der Waals surface area contributed by atoms with E-state index in [4.69, 9.17) is 5.11 Å². The third kappa shape index (κ3) is 3.04. The summed E-state index contributed by atoms with van der Waals surface area (Å²) in [5.41, 5.74) is 5.10. The molecule has 0 aliphatic heterocycles. The summed E-state index contributed by atoms with van der Waals surface area (Å²) in [5, 5.41) is 15.9. The molecule has 1 aromatic heterocycles. The normalized spacial score (nSPS) is 10.7. The van der Waals surface area contributed by atoms with E-state index in [1.165, 1.54) is 11.1 Å². The lowest BCUT2D eigenvalue weighted by molar-refractivity contribution is -0.136. The molecule has 5 heteroatoms. The van der Waals surface area contributed by atoms with Crippen LogP contribution in [0.25, 0.3) is 11.3 Å². The summed E-state index contributed by atoms with van der Waals surface area (Å²) in [7, 11) is 0. The van der Waals surface area contributed by atoms with Crippen LogP contribution in [0.3, 0.4) is 0 Å². The number of halogens is 1. The number of carboxylic acids is 1. The van der Waals surface area contributed by atoms with Gasteiger partial charge in [-0.25, -0.2) is 0 Å². The van der Waals surface area contributed by atoms with E-state index >= 15 is 0 Å². The minimum Gasteiger partial charge on any atom is -0.481 e. The van der Waals surface area contributed by atoms with Gasteiger partial charge in [0.2, 0.25) is 0 Å². The van der Waals surface area contributed by atoms with Crippen molar-refractivity contribution in [3.8, 4) is 11.3 Å². The maximum absolute atomic E-state index is 10.6. The molecule has 0 unspecified atom stereocenters. The van der Waals surface area contributed by atoms with Gasteiger partial charge in [0, 0.05) is 12.0 Å². The molecule has 0 saturated heterocycles. The summed E-state index contributed by atoms with van der Waals surface area (Å²) in [6, 6.07) is 6.16. The third-order valence-corrected chi connectivity index (χ3v) is 4.00. The molecule has 0 fully saturated rings. The minimum atomic E-state index is -0.811. The number of H-pyrrole nitrogens is 1. The number of benzene rings is 1. The van der Waals surface area contributed by atoms with Gasteiger partial charge in [-0.15, -0.1) is 0 Å². The van der Waals surface area contributed by atoms with Crippen LogP contribution < -0.4 is 0 Å². The number of aliphatic carboxylic acids is 1. The molecule has 0 aliphatic carbocycles. The van der Waals surface area contributed by atoms with Crippen molar-refractivity contribution in [2.75, 3.05) is 0 Å². The highest BCUT2D eigenvalue weighted by atomic mass is 79.9. The van der Waals surface area contributed by atoms with Crippen molar-refractivity contribution < 1.29 is 9.90 Å². The fraction of sp³-hybridized carbons (Fsp3) is 0.286. The van der Waals surface area contributed by atoms with Crippen LogP contribution >= 0.6 is 15.9 Å². The fourth-order valence-electron chi connectivity index (χ4n) is 1.84. The Labute approximate surface area is 120 Å². The number of nitrogens with one attached hydrogen (secondary N) is 1. The summed E-state index contributed by atoms with van der Waals surface area (Å²) in [6.07, 6.45) is 0.529. The first-order valence-electron chi connectivity index (χ1n) is 6.01. The fourth-order valence-corrected chi connectivity index (χ4v) is 2.45. The lowest BCUT2D eigenvalue weighted by Gasteiger charge is -2.03. The second-order valence-electron chi connectivity index (χ2n) is 4.56. The van der Waals surface area contributed by atoms with Gasteiger partial charge in [-0.1, -0.05) is 12.1 Å². The van der Waals surface area contributed by atoms with Gasteiger partial charge >= 0.3 is 5.97 Å². The van der Waals surface area contributed by atoms with Crippen molar-refractivity contribution in [1.82, 2.24) is 10.2 Å². The number of aryl methyl sites for hydroxylation is 3. The van der Waals surface area contributed by atoms with Gasteiger partial charge in [0.15, 0.2) is 0 Å². The van der Waals surface area contributed by atoms with E-state index in [1.807, 2.05) is 6.07 Å². The first-order chi connectivity index (χ1) is 8.99. The van der Waals surface area contributed by atoms with Gasteiger partial charge in [-0.05, 0) is 47.0 Å².